The molecule has 0 N–H and O–H groups in total. The van der Waals surface area contributed by atoms with Crippen LogP contribution in [0.25, 0.3) is 17.1 Å². The average Bonchev–Trinajstić information content (AvgIpc) is 3.51. The van der Waals surface area contributed by atoms with Crippen molar-refractivity contribution >= 4 is 11.8 Å². The molecule has 2 heterocycles. The molecule has 0 saturated carbocycles. The molecule has 0 bridgehead atoms. The minimum atomic E-state index is -0.418. The average molecular weight is 500 g/mol. The van der Waals surface area contributed by atoms with Gasteiger partial charge in [-0.15, -0.1) is 10.2 Å². The Morgan fingerprint density at radius 1 is 1.06 bits per heavy atom. The molecule has 0 aliphatic heterocycles. The van der Waals surface area contributed by atoms with Crippen LogP contribution in [0.1, 0.15) is 37.2 Å². The Kier molecular flexibility index (Phi) is 7.54. The molecular formula is C24H26FN5O4S. The first-order valence-electron chi connectivity index (χ1n) is 11.0. The summed E-state index contributed by atoms with van der Waals surface area (Å²) >= 11 is 1.34. The molecule has 0 aliphatic rings. The van der Waals surface area contributed by atoms with Gasteiger partial charge in [-0.3, -0.25) is 4.57 Å². The Hall–Kier alpha value is -3.60. The summed E-state index contributed by atoms with van der Waals surface area (Å²) in [5.41, 5.74) is 0.908. The third-order valence-electron chi connectivity index (χ3n) is 5.24. The third-order valence-corrected chi connectivity index (χ3v) is 6.27. The molecule has 2 aromatic carbocycles. The smallest absolute Gasteiger partial charge is 0.239 e. The van der Waals surface area contributed by atoms with Gasteiger partial charge in [-0.1, -0.05) is 36.0 Å². The number of nitrogens with zero attached hydrogens (tertiary/aromatic N) is 5. The molecule has 4 rings (SSSR count). The maximum atomic E-state index is 15.0. The van der Waals surface area contributed by atoms with Gasteiger partial charge in [0.05, 0.1) is 32.3 Å². The second-order valence-corrected chi connectivity index (χ2v) is 8.87. The fraction of sp³-hybridized carbons (Fsp3) is 0.333. The summed E-state index contributed by atoms with van der Waals surface area (Å²) in [6.07, 6.45) is 1.65. The fourth-order valence-corrected chi connectivity index (χ4v) is 4.45. The number of halogens is 1. The standard InChI is InChI=1S/C24H26FN5O4S/c1-6-9-20-26-23(34-29-20)14(2)35-24-28-27-22(30(24)17-11-8-7-10-16(17)25)15-12-18(31-3)21(33-5)19(13-15)32-4/h7-8,10-14H,6,9H2,1-5H3. The molecule has 0 aliphatic carbocycles. The van der Waals surface area contributed by atoms with Crippen molar-refractivity contribution in [2.45, 2.75) is 37.1 Å². The summed E-state index contributed by atoms with van der Waals surface area (Å²) in [5, 5.41) is 13.0. The Morgan fingerprint density at radius 3 is 2.40 bits per heavy atom. The van der Waals surface area contributed by atoms with Gasteiger partial charge in [0.2, 0.25) is 11.6 Å². The zero-order chi connectivity index (χ0) is 24.9. The zero-order valence-electron chi connectivity index (χ0n) is 20.1. The molecule has 1 unspecified atom stereocenters. The lowest BCUT2D eigenvalue weighted by atomic mass is 10.1. The Morgan fingerprint density at radius 2 is 1.77 bits per heavy atom. The number of hydrogen-bond donors (Lipinski definition) is 0. The molecule has 35 heavy (non-hydrogen) atoms. The minimum Gasteiger partial charge on any atom is -0.493 e. The van der Waals surface area contributed by atoms with Gasteiger partial charge in [0.1, 0.15) is 5.82 Å². The topological polar surface area (TPSA) is 97.3 Å². The van der Waals surface area contributed by atoms with Gasteiger partial charge < -0.3 is 18.7 Å². The summed E-state index contributed by atoms with van der Waals surface area (Å²) in [6, 6.07) is 9.93. The zero-order valence-corrected chi connectivity index (χ0v) is 20.9. The van der Waals surface area contributed by atoms with Crippen LogP contribution >= 0.6 is 11.8 Å². The summed E-state index contributed by atoms with van der Waals surface area (Å²) < 4.78 is 38.5. The molecule has 0 amide bonds. The maximum Gasteiger partial charge on any atom is 0.239 e. The molecule has 2 aromatic heterocycles. The maximum absolute atomic E-state index is 15.0. The number of para-hydroxylation sites is 1. The molecule has 0 radical (unpaired) electrons. The molecular weight excluding hydrogens is 473 g/mol. The molecule has 9 nitrogen and oxygen atoms in total. The van der Waals surface area contributed by atoms with E-state index in [9.17, 15) is 4.39 Å². The van der Waals surface area contributed by atoms with Crippen LogP contribution in [0.3, 0.4) is 0 Å². The van der Waals surface area contributed by atoms with Gasteiger partial charge in [0.15, 0.2) is 28.3 Å². The van der Waals surface area contributed by atoms with Crippen molar-refractivity contribution in [3.8, 4) is 34.3 Å². The van der Waals surface area contributed by atoms with E-state index in [2.05, 4.69) is 27.3 Å². The van der Waals surface area contributed by atoms with Gasteiger partial charge in [-0.2, -0.15) is 4.98 Å². The van der Waals surface area contributed by atoms with Crippen molar-refractivity contribution in [2.24, 2.45) is 0 Å². The lowest BCUT2D eigenvalue weighted by Gasteiger charge is -2.16. The number of aromatic nitrogens is 5. The monoisotopic (exact) mass is 499 g/mol. The van der Waals surface area contributed by atoms with Crippen molar-refractivity contribution in [1.29, 1.82) is 0 Å². The van der Waals surface area contributed by atoms with Crippen LogP contribution in [0, 0.1) is 5.82 Å². The van der Waals surface area contributed by atoms with Crippen LogP contribution in [0.4, 0.5) is 4.39 Å². The van der Waals surface area contributed by atoms with Crippen LogP contribution < -0.4 is 14.2 Å². The van der Waals surface area contributed by atoms with Crippen LogP contribution in [0.15, 0.2) is 46.1 Å². The first kappa shape index (κ1) is 24.5. The molecule has 0 saturated heterocycles. The van der Waals surface area contributed by atoms with Gasteiger partial charge >= 0.3 is 0 Å². The Labute approximate surface area is 206 Å². The SMILES string of the molecule is CCCc1noc(C(C)Sc2nnc(-c3cc(OC)c(OC)c(OC)c3)n2-c2ccccc2F)n1. The second kappa shape index (κ2) is 10.8. The number of aryl methyl sites for hydroxylation is 1. The summed E-state index contributed by atoms with van der Waals surface area (Å²) in [5.74, 6) is 2.45. The molecule has 0 spiro atoms. The van der Waals surface area contributed by atoms with Crippen LogP contribution in [-0.4, -0.2) is 46.2 Å². The van der Waals surface area contributed by atoms with E-state index in [1.54, 1.807) is 34.9 Å². The number of rotatable bonds is 10. The van der Waals surface area contributed by atoms with Crippen LogP contribution in [0.5, 0.6) is 17.2 Å². The highest BCUT2D eigenvalue weighted by atomic mass is 32.2. The number of hydrogen-bond acceptors (Lipinski definition) is 9. The lowest BCUT2D eigenvalue weighted by molar-refractivity contribution is 0.324. The molecule has 0 fully saturated rings. The van der Waals surface area contributed by atoms with Crippen molar-refractivity contribution in [3.05, 3.63) is 53.9 Å². The van der Waals surface area contributed by atoms with Gasteiger partial charge in [-0.05, 0) is 37.6 Å². The fourth-order valence-electron chi connectivity index (χ4n) is 3.56. The van der Waals surface area contributed by atoms with Crippen molar-refractivity contribution in [3.63, 3.8) is 0 Å². The summed E-state index contributed by atoms with van der Waals surface area (Å²) in [4.78, 5) is 4.47. The van der Waals surface area contributed by atoms with Gasteiger partial charge in [-0.25, -0.2) is 4.39 Å². The molecule has 1 atom stereocenters. The largest absolute Gasteiger partial charge is 0.493 e. The minimum absolute atomic E-state index is 0.240. The normalized spacial score (nSPS) is 11.9. The Balaban J connectivity index is 1.82. The summed E-state index contributed by atoms with van der Waals surface area (Å²) in [6.45, 7) is 3.98. The highest BCUT2D eigenvalue weighted by Gasteiger charge is 2.25. The van der Waals surface area contributed by atoms with Gasteiger partial charge in [0, 0.05) is 12.0 Å². The van der Waals surface area contributed by atoms with E-state index in [4.69, 9.17) is 18.7 Å². The highest BCUT2D eigenvalue weighted by molar-refractivity contribution is 7.99. The number of methoxy groups -OCH3 is 3. The first-order chi connectivity index (χ1) is 17.0. The van der Waals surface area contributed by atoms with Gasteiger partial charge in [0.25, 0.3) is 0 Å². The van der Waals surface area contributed by atoms with E-state index in [0.717, 1.165) is 12.8 Å². The van der Waals surface area contributed by atoms with Crippen molar-refractivity contribution in [1.82, 2.24) is 24.9 Å². The number of ether oxygens (including phenoxy) is 3. The predicted molar refractivity (Wildman–Crippen MR) is 129 cm³/mol. The van der Waals surface area contributed by atoms with E-state index in [1.807, 2.05) is 6.92 Å². The predicted octanol–water partition coefficient (Wildman–Crippen LogP) is 5.29. The number of thioether (sulfide) groups is 1. The lowest BCUT2D eigenvalue weighted by Crippen LogP contribution is -2.04. The second-order valence-electron chi connectivity index (χ2n) is 7.57. The number of benzene rings is 2. The van der Waals surface area contributed by atoms with Crippen LogP contribution in [-0.2, 0) is 6.42 Å². The van der Waals surface area contributed by atoms with E-state index in [0.29, 0.717) is 51.2 Å². The van der Waals surface area contributed by atoms with E-state index in [-0.39, 0.29) is 5.25 Å². The van der Waals surface area contributed by atoms with Crippen LogP contribution in [0.2, 0.25) is 0 Å². The third kappa shape index (κ3) is 4.95. The molecule has 11 heteroatoms. The molecule has 184 valence electrons. The first-order valence-corrected chi connectivity index (χ1v) is 11.9. The van der Waals surface area contributed by atoms with E-state index in [1.165, 1.54) is 39.2 Å². The summed E-state index contributed by atoms with van der Waals surface area (Å²) in [7, 11) is 4.59. The quantitative estimate of drug-likeness (QED) is 0.270. The van der Waals surface area contributed by atoms with Crippen molar-refractivity contribution < 1.29 is 23.1 Å². The highest BCUT2D eigenvalue weighted by Crippen LogP contribution is 2.43. The molecule has 4 aromatic rings. The van der Waals surface area contributed by atoms with E-state index < -0.39 is 5.82 Å². The van der Waals surface area contributed by atoms with E-state index >= 15 is 0 Å². The van der Waals surface area contributed by atoms with Crippen molar-refractivity contribution in [2.75, 3.05) is 21.3 Å². The Bertz CT molecular complexity index is 1280.